The molecule has 0 aliphatic rings. The third-order valence-corrected chi connectivity index (χ3v) is 3.69. The highest BCUT2D eigenvalue weighted by Gasteiger charge is 2.13. The van der Waals surface area contributed by atoms with Gasteiger partial charge in [0.25, 0.3) is 5.91 Å². The molecule has 0 radical (unpaired) electrons. The fourth-order valence-electron chi connectivity index (χ4n) is 1.70. The van der Waals surface area contributed by atoms with E-state index in [0.717, 1.165) is 5.69 Å². The van der Waals surface area contributed by atoms with Gasteiger partial charge in [0.1, 0.15) is 16.7 Å². The van der Waals surface area contributed by atoms with E-state index in [4.69, 9.17) is 5.84 Å². The van der Waals surface area contributed by atoms with Gasteiger partial charge in [-0.05, 0) is 12.1 Å². The molecule has 1 aromatic heterocycles. The number of carbonyl (C=O) groups excluding carboxylic acids is 1. The second kappa shape index (κ2) is 6.91. The van der Waals surface area contributed by atoms with Gasteiger partial charge in [-0.15, -0.1) is 0 Å². The van der Waals surface area contributed by atoms with Crippen LogP contribution in [0.15, 0.2) is 42.7 Å². The molecule has 0 aliphatic carbocycles. The molecule has 110 valence electrons. The Balaban J connectivity index is 2.18. The predicted octanol–water partition coefficient (Wildman–Crippen LogP) is 0.380. The smallest absolute Gasteiger partial charge is 0.285 e. The summed E-state index contributed by atoms with van der Waals surface area (Å²) in [7, 11) is -1.20. The molecule has 21 heavy (non-hydrogen) atoms. The zero-order valence-electron chi connectivity index (χ0n) is 11.4. The van der Waals surface area contributed by atoms with Crippen LogP contribution >= 0.6 is 0 Å². The molecule has 1 heterocycles. The molecule has 7 nitrogen and oxygen atoms in total. The van der Waals surface area contributed by atoms with E-state index in [9.17, 15) is 9.00 Å². The maximum atomic E-state index is 11.9. The van der Waals surface area contributed by atoms with Crippen molar-refractivity contribution in [3.05, 3.63) is 54.1 Å². The summed E-state index contributed by atoms with van der Waals surface area (Å²) in [5.74, 6) is 4.52. The van der Waals surface area contributed by atoms with Gasteiger partial charge in [-0.3, -0.25) is 19.5 Å². The number of nitrogens with zero attached hydrogens (tertiary/aromatic N) is 3. The lowest BCUT2D eigenvalue weighted by molar-refractivity contribution is 0.0948. The molecule has 0 fully saturated rings. The quantitative estimate of drug-likeness (QED) is 0.472. The standard InChI is InChI=1S/C13H15N5O2S/c1-21(20)18(11-5-3-2-4-6-11)9-10-7-16-12(8-15-10)13(19)17-14/h2-8H,9,14H2,1H3,(H,17,19). The number of hydrogen-bond acceptors (Lipinski definition) is 5. The normalized spacial score (nSPS) is 11.7. The first-order chi connectivity index (χ1) is 10.1. The maximum absolute atomic E-state index is 11.9. The van der Waals surface area contributed by atoms with Crippen LogP contribution in [0, 0.1) is 0 Å². The van der Waals surface area contributed by atoms with Gasteiger partial charge in [0.05, 0.1) is 24.6 Å². The average Bonchev–Trinajstić information content (AvgIpc) is 2.53. The van der Waals surface area contributed by atoms with Gasteiger partial charge in [0.2, 0.25) is 0 Å². The first kappa shape index (κ1) is 15.1. The van der Waals surface area contributed by atoms with Crippen molar-refractivity contribution in [2.75, 3.05) is 10.6 Å². The Morgan fingerprint density at radius 1 is 1.29 bits per heavy atom. The van der Waals surface area contributed by atoms with E-state index in [1.807, 2.05) is 35.8 Å². The highest BCUT2D eigenvalue weighted by molar-refractivity contribution is 7.85. The molecule has 1 amide bonds. The van der Waals surface area contributed by atoms with Crippen molar-refractivity contribution >= 4 is 22.6 Å². The molecule has 2 rings (SSSR count). The van der Waals surface area contributed by atoms with Gasteiger partial charge in [-0.25, -0.2) is 15.0 Å². The SMILES string of the molecule is CS(=O)N(Cc1cnc(C(=O)NN)cn1)c1ccccc1. The number of carbonyl (C=O) groups is 1. The minimum absolute atomic E-state index is 0.130. The number of anilines is 1. The van der Waals surface area contributed by atoms with Crippen LogP contribution in [0.4, 0.5) is 5.69 Å². The van der Waals surface area contributed by atoms with E-state index < -0.39 is 16.9 Å². The Hall–Kier alpha value is -2.32. The fourth-order valence-corrected chi connectivity index (χ4v) is 2.43. The molecule has 1 unspecified atom stereocenters. The van der Waals surface area contributed by atoms with E-state index in [1.54, 1.807) is 10.6 Å². The largest absolute Gasteiger partial charge is 0.289 e. The second-order valence-electron chi connectivity index (χ2n) is 4.16. The fraction of sp³-hybridized carbons (Fsp3) is 0.154. The predicted molar refractivity (Wildman–Crippen MR) is 80.4 cm³/mol. The van der Waals surface area contributed by atoms with Crippen LogP contribution in [0.2, 0.25) is 0 Å². The molecule has 3 N–H and O–H groups in total. The summed E-state index contributed by atoms with van der Waals surface area (Å²) >= 11 is 0. The number of rotatable bonds is 5. The monoisotopic (exact) mass is 305 g/mol. The molecule has 0 bridgehead atoms. The molecule has 0 aliphatic heterocycles. The topological polar surface area (TPSA) is 101 Å². The van der Waals surface area contributed by atoms with Crippen LogP contribution in [0.3, 0.4) is 0 Å². The molecule has 2 aromatic rings. The Bertz CT molecular complexity index is 633. The lowest BCUT2D eigenvalue weighted by Gasteiger charge is -2.20. The third kappa shape index (κ3) is 3.83. The highest BCUT2D eigenvalue weighted by Crippen LogP contribution is 2.17. The van der Waals surface area contributed by atoms with Crippen molar-refractivity contribution in [1.29, 1.82) is 0 Å². The molecule has 1 aromatic carbocycles. The van der Waals surface area contributed by atoms with Crippen molar-refractivity contribution in [1.82, 2.24) is 15.4 Å². The minimum Gasteiger partial charge on any atom is -0.289 e. The number of para-hydroxylation sites is 1. The Morgan fingerprint density at radius 2 is 2.00 bits per heavy atom. The molecular formula is C13H15N5O2S. The van der Waals surface area contributed by atoms with E-state index in [-0.39, 0.29) is 5.69 Å². The number of amides is 1. The van der Waals surface area contributed by atoms with E-state index >= 15 is 0 Å². The summed E-state index contributed by atoms with van der Waals surface area (Å²) in [6.45, 7) is 0.324. The van der Waals surface area contributed by atoms with Crippen molar-refractivity contribution in [2.24, 2.45) is 5.84 Å². The number of nitrogens with one attached hydrogen (secondary N) is 1. The van der Waals surface area contributed by atoms with Crippen LogP contribution in [0.1, 0.15) is 16.2 Å². The van der Waals surface area contributed by atoms with Crippen molar-refractivity contribution < 1.29 is 9.00 Å². The zero-order valence-corrected chi connectivity index (χ0v) is 12.2. The van der Waals surface area contributed by atoms with E-state index in [1.165, 1.54) is 12.4 Å². The third-order valence-electron chi connectivity index (χ3n) is 2.73. The van der Waals surface area contributed by atoms with E-state index in [0.29, 0.717) is 12.2 Å². The van der Waals surface area contributed by atoms with Gasteiger partial charge >= 0.3 is 0 Å². The summed E-state index contributed by atoms with van der Waals surface area (Å²) in [6, 6.07) is 9.36. The summed E-state index contributed by atoms with van der Waals surface area (Å²) in [5.41, 5.74) is 3.54. The minimum atomic E-state index is -1.20. The first-order valence-corrected chi connectivity index (χ1v) is 7.61. The summed E-state index contributed by atoms with van der Waals surface area (Å²) in [6.07, 6.45) is 4.39. The van der Waals surface area contributed by atoms with Crippen molar-refractivity contribution in [3.8, 4) is 0 Å². The highest BCUT2D eigenvalue weighted by atomic mass is 32.2. The van der Waals surface area contributed by atoms with Crippen LogP contribution in [0.25, 0.3) is 0 Å². The molecule has 1 atom stereocenters. The van der Waals surface area contributed by atoms with Crippen LogP contribution in [-0.2, 0) is 17.5 Å². The summed E-state index contributed by atoms with van der Waals surface area (Å²) in [4.78, 5) is 19.4. The zero-order chi connectivity index (χ0) is 15.2. The summed E-state index contributed by atoms with van der Waals surface area (Å²) in [5, 5.41) is 0. The number of aromatic nitrogens is 2. The van der Waals surface area contributed by atoms with Gasteiger partial charge in [-0.1, -0.05) is 18.2 Å². The molecule has 0 spiro atoms. The van der Waals surface area contributed by atoms with Crippen LogP contribution in [-0.4, -0.2) is 26.3 Å². The first-order valence-electron chi connectivity index (χ1n) is 6.10. The van der Waals surface area contributed by atoms with E-state index in [2.05, 4.69) is 9.97 Å². The van der Waals surface area contributed by atoms with Gasteiger partial charge < -0.3 is 0 Å². The number of benzene rings is 1. The van der Waals surface area contributed by atoms with Crippen LogP contribution in [0.5, 0.6) is 0 Å². The molecule has 0 saturated carbocycles. The van der Waals surface area contributed by atoms with Gasteiger partial charge in [-0.2, -0.15) is 0 Å². The number of nitrogen functional groups attached to an aromatic ring is 1. The lowest BCUT2D eigenvalue weighted by Crippen LogP contribution is -2.31. The van der Waals surface area contributed by atoms with Gasteiger partial charge in [0.15, 0.2) is 0 Å². The van der Waals surface area contributed by atoms with Crippen LogP contribution < -0.4 is 15.6 Å². The number of hydrazine groups is 1. The summed E-state index contributed by atoms with van der Waals surface area (Å²) < 4.78 is 13.6. The Kier molecular flexibility index (Phi) is 4.96. The molecule has 0 saturated heterocycles. The number of nitrogens with two attached hydrogens (primary N) is 1. The van der Waals surface area contributed by atoms with Gasteiger partial charge in [0, 0.05) is 11.9 Å². The number of hydrogen-bond donors (Lipinski definition) is 2. The average molecular weight is 305 g/mol. The lowest BCUT2D eigenvalue weighted by atomic mass is 10.3. The molecular weight excluding hydrogens is 290 g/mol. The van der Waals surface area contributed by atoms with Crippen molar-refractivity contribution in [2.45, 2.75) is 6.54 Å². The maximum Gasteiger partial charge on any atom is 0.285 e. The Morgan fingerprint density at radius 3 is 2.52 bits per heavy atom. The molecule has 8 heteroatoms. The Labute approximate surface area is 124 Å². The van der Waals surface area contributed by atoms with Crippen molar-refractivity contribution in [3.63, 3.8) is 0 Å². The second-order valence-corrected chi connectivity index (χ2v) is 5.45.